The number of hydrogen-bond donors (Lipinski definition) is 0. The smallest absolute Gasteiger partial charge is 0.348 e. The maximum absolute atomic E-state index is 15.7. The van der Waals surface area contributed by atoms with E-state index in [4.69, 9.17) is 23.2 Å². The summed E-state index contributed by atoms with van der Waals surface area (Å²) in [6, 6.07) is 4.15. The van der Waals surface area contributed by atoms with Crippen molar-refractivity contribution in [3.8, 4) is 0 Å². The topological polar surface area (TPSA) is 66.9 Å². The first-order chi connectivity index (χ1) is 13.0. The SMILES string of the molecule is COC(=O)C(F)(CCN1CCC(N(C)S(C)(=O)=O)CC1)c1ccc(Cl)c(Cl)c1. The van der Waals surface area contributed by atoms with Gasteiger partial charge in [0.15, 0.2) is 0 Å². The molecule has 0 aromatic heterocycles. The number of rotatable bonds is 7. The molecule has 2 rings (SSSR count). The summed E-state index contributed by atoms with van der Waals surface area (Å²) in [6.45, 7) is 1.55. The molecule has 1 unspecified atom stereocenters. The van der Waals surface area contributed by atoms with Crippen molar-refractivity contribution in [2.24, 2.45) is 0 Å². The normalized spacial score (nSPS) is 18.8. The Hall–Kier alpha value is -0.930. The van der Waals surface area contributed by atoms with Crippen LogP contribution in [0.5, 0.6) is 0 Å². The van der Waals surface area contributed by atoms with Gasteiger partial charge in [-0.3, -0.25) is 0 Å². The van der Waals surface area contributed by atoms with Gasteiger partial charge in [-0.2, -0.15) is 0 Å². The number of halogens is 3. The molecule has 0 amide bonds. The number of sulfonamides is 1. The molecule has 1 aliphatic heterocycles. The fourth-order valence-electron chi connectivity index (χ4n) is 3.36. The molecule has 6 nitrogen and oxygen atoms in total. The molecule has 1 fully saturated rings. The van der Waals surface area contributed by atoms with Crippen LogP contribution in [0.1, 0.15) is 24.8 Å². The van der Waals surface area contributed by atoms with Gasteiger partial charge in [0.2, 0.25) is 15.7 Å². The lowest BCUT2D eigenvalue weighted by atomic mass is 9.91. The molecular formula is C18H25Cl2FN2O4S. The highest BCUT2D eigenvalue weighted by Crippen LogP contribution is 2.35. The molecule has 158 valence electrons. The van der Waals surface area contributed by atoms with Crippen LogP contribution in [0.4, 0.5) is 4.39 Å². The van der Waals surface area contributed by atoms with E-state index < -0.39 is 21.7 Å². The largest absolute Gasteiger partial charge is 0.466 e. The third kappa shape index (κ3) is 5.36. The minimum atomic E-state index is -3.24. The van der Waals surface area contributed by atoms with Crippen molar-refractivity contribution >= 4 is 39.2 Å². The molecule has 1 aromatic carbocycles. The monoisotopic (exact) mass is 454 g/mol. The lowest BCUT2D eigenvalue weighted by Crippen LogP contribution is -2.46. The van der Waals surface area contributed by atoms with Crippen LogP contribution in [0.15, 0.2) is 18.2 Å². The minimum Gasteiger partial charge on any atom is -0.466 e. The molecule has 0 spiro atoms. The number of piperidine rings is 1. The van der Waals surface area contributed by atoms with Crippen LogP contribution in [0.3, 0.4) is 0 Å². The Morgan fingerprint density at radius 3 is 2.43 bits per heavy atom. The van der Waals surface area contributed by atoms with Gasteiger partial charge >= 0.3 is 5.97 Å². The molecule has 1 heterocycles. The molecule has 1 aliphatic rings. The van der Waals surface area contributed by atoms with Crippen molar-refractivity contribution in [2.45, 2.75) is 31.0 Å². The third-order valence-electron chi connectivity index (χ3n) is 5.25. The van der Waals surface area contributed by atoms with Crippen molar-refractivity contribution in [1.82, 2.24) is 9.21 Å². The van der Waals surface area contributed by atoms with Crippen LogP contribution in [-0.4, -0.2) is 69.7 Å². The fourth-order valence-corrected chi connectivity index (χ4v) is 4.41. The molecule has 1 saturated heterocycles. The number of carbonyl (C=O) groups excluding carboxylic acids is 1. The van der Waals surface area contributed by atoms with Crippen LogP contribution >= 0.6 is 23.2 Å². The van der Waals surface area contributed by atoms with Crippen LogP contribution < -0.4 is 0 Å². The van der Waals surface area contributed by atoms with Gasteiger partial charge in [-0.25, -0.2) is 21.9 Å². The summed E-state index contributed by atoms with van der Waals surface area (Å²) < 4.78 is 45.1. The van der Waals surface area contributed by atoms with E-state index in [1.54, 1.807) is 7.05 Å². The van der Waals surface area contributed by atoms with Crippen molar-refractivity contribution in [3.63, 3.8) is 0 Å². The summed E-state index contributed by atoms with van der Waals surface area (Å²) in [7, 11) is -0.531. The highest BCUT2D eigenvalue weighted by atomic mass is 35.5. The summed E-state index contributed by atoms with van der Waals surface area (Å²) in [6.07, 6.45) is 2.37. The Morgan fingerprint density at radius 1 is 1.32 bits per heavy atom. The van der Waals surface area contributed by atoms with Gasteiger partial charge in [0.1, 0.15) is 0 Å². The lowest BCUT2D eigenvalue weighted by molar-refractivity contribution is -0.156. The van der Waals surface area contributed by atoms with E-state index in [1.165, 1.54) is 28.8 Å². The predicted molar refractivity (Wildman–Crippen MR) is 108 cm³/mol. The Kier molecular flexibility index (Phi) is 7.72. The summed E-state index contributed by atoms with van der Waals surface area (Å²) in [5, 5.41) is 0.435. The standard InChI is InChI=1S/C18H25Cl2FN2O4S/c1-22(28(3,25)26)14-6-9-23(10-7-14)11-8-18(21,17(24)27-2)13-4-5-15(19)16(20)12-13/h4-5,12,14H,6-11H2,1-3H3. The Labute approximate surface area is 175 Å². The summed E-state index contributed by atoms with van der Waals surface area (Å²) in [4.78, 5) is 14.2. The molecule has 0 aliphatic carbocycles. The Balaban J connectivity index is 2.05. The van der Waals surface area contributed by atoms with E-state index in [1.807, 2.05) is 4.90 Å². The first kappa shape index (κ1) is 23.3. The van der Waals surface area contributed by atoms with Gasteiger partial charge in [-0.1, -0.05) is 29.3 Å². The van der Waals surface area contributed by atoms with Crippen molar-refractivity contribution < 1.29 is 22.3 Å². The second-order valence-corrected chi connectivity index (χ2v) is 9.88. The van der Waals surface area contributed by atoms with Crippen LogP contribution in [-0.2, 0) is 25.2 Å². The summed E-state index contributed by atoms with van der Waals surface area (Å²) >= 11 is 11.9. The fraction of sp³-hybridized carbons (Fsp3) is 0.611. The number of alkyl halides is 1. The molecule has 1 atom stereocenters. The average molecular weight is 455 g/mol. The second-order valence-electron chi connectivity index (χ2n) is 7.02. The van der Waals surface area contributed by atoms with Crippen molar-refractivity contribution in [2.75, 3.05) is 40.0 Å². The van der Waals surface area contributed by atoms with E-state index in [0.29, 0.717) is 32.5 Å². The van der Waals surface area contributed by atoms with E-state index in [2.05, 4.69) is 4.74 Å². The number of carbonyl (C=O) groups is 1. The van der Waals surface area contributed by atoms with Gasteiger partial charge in [0.05, 0.1) is 23.4 Å². The van der Waals surface area contributed by atoms with Crippen LogP contribution in [0.25, 0.3) is 0 Å². The van der Waals surface area contributed by atoms with E-state index in [9.17, 15) is 13.2 Å². The highest BCUT2D eigenvalue weighted by molar-refractivity contribution is 7.88. The van der Waals surface area contributed by atoms with E-state index >= 15 is 4.39 Å². The zero-order chi connectivity index (χ0) is 21.1. The molecular weight excluding hydrogens is 430 g/mol. The van der Waals surface area contributed by atoms with Crippen LogP contribution in [0.2, 0.25) is 10.0 Å². The zero-order valence-electron chi connectivity index (χ0n) is 16.1. The summed E-state index contributed by atoms with van der Waals surface area (Å²) in [5.74, 6) is -0.988. The molecule has 0 bridgehead atoms. The zero-order valence-corrected chi connectivity index (χ0v) is 18.4. The number of ether oxygens (including phenoxy) is 1. The second kappa shape index (κ2) is 9.26. The maximum atomic E-state index is 15.7. The number of benzene rings is 1. The molecule has 0 saturated carbocycles. The molecule has 0 N–H and O–H groups in total. The lowest BCUT2D eigenvalue weighted by Gasteiger charge is -2.36. The van der Waals surface area contributed by atoms with Gasteiger partial charge in [-0.15, -0.1) is 0 Å². The molecule has 1 aromatic rings. The van der Waals surface area contributed by atoms with E-state index in [0.717, 1.165) is 7.11 Å². The number of likely N-dealkylation sites (tertiary alicyclic amines) is 1. The number of esters is 1. The highest BCUT2D eigenvalue weighted by Gasteiger charge is 2.42. The third-order valence-corrected chi connectivity index (χ3v) is 7.34. The van der Waals surface area contributed by atoms with Crippen molar-refractivity contribution in [3.05, 3.63) is 33.8 Å². The summed E-state index contributed by atoms with van der Waals surface area (Å²) in [5.41, 5.74) is -2.25. The minimum absolute atomic E-state index is 0.0722. The Morgan fingerprint density at radius 2 is 1.93 bits per heavy atom. The van der Waals surface area contributed by atoms with Gasteiger partial charge < -0.3 is 9.64 Å². The van der Waals surface area contributed by atoms with Gasteiger partial charge in [0.25, 0.3) is 0 Å². The number of hydrogen-bond acceptors (Lipinski definition) is 5. The van der Waals surface area contributed by atoms with Crippen molar-refractivity contribution in [1.29, 1.82) is 0 Å². The first-order valence-corrected chi connectivity index (χ1v) is 11.5. The van der Waals surface area contributed by atoms with Gasteiger partial charge in [-0.05, 0) is 38.1 Å². The average Bonchev–Trinajstić information content (AvgIpc) is 2.66. The quantitative estimate of drug-likeness (QED) is 0.592. The van der Waals surface area contributed by atoms with Gasteiger partial charge in [0, 0.05) is 31.6 Å². The predicted octanol–water partition coefficient (Wildman–Crippen LogP) is 3.08. The maximum Gasteiger partial charge on any atom is 0.348 e. The molecule has 10 heteroatoms. The number of nitrogens with zero attached hydrogens (tertiary/aromatic N) is 2. The van der Waals surface area contributed by atoms with Crippen LogP contribution in [0, 0.1) is 0 Å². The number of methoxy groups -OCH3 is 1. The Bertz CT molecular complexity index is 816. The first-order valence-electron chi connectivity index (χ1n) is 8.87. The van der Waals surface area contributed by atoms with E-state index in [-0.39, 0.29) is 28.1 Å². The molecule has 28 heavy (non-hydrogen) atoms. The molecule has 0 radical (unpaired) electrons.